The number of aliphatic carboxylic acids is 1. The van der Waals surface area contributed by atoms with Gasteiger partial charge >= 0.3 is 18.1 Å². The second-order valence-electron chi connectivity index (χ2n) is 5.35. The fourth-order valence-electron chi connectivity index (χ4n) is 2.79. The molecule has 2 atom stereocenters. The maximum Gasteiger partial charge on any atom is 0.433 e. The van der Waals surface area contributed by atoms with Gasteiger partial charge in [0.15, 0.2) is 5.70 Å². The summed E-state index contributed by atoms with van der Waals surface area (Å²) in [4.78, 5) is 26.9. The van der Waals surface area contributed by atoms with Crippen molar-refractivity contribution in [3.63, 3.8) is 0 Å². The van der Waals surface area contributed by atoms with Crippen LogP contribution < -0.4 is 0 Å². The van der Waals surface area contributed by atoms with E-state index in [0.29, 0.717) is 0 Å². The zero-order chi connectivity index (χ0) is 18.9. The molecular weight excluding hydrogens is 346 g/mol. The van der Waals surface area contributed by atoms with Gasteiger partial charge in [0.05, 0.1) is 12.7 Å². The van der Waals surface area contributed by atoms with Crippen molar-refractivity contribution in [3.05, 3.63) is 46.9 Å². The molecule has 0 aliphatic carbocycles. The van der Waals surface area contributed by atoms with Crippen molar-refractivity contribution in [2.75, 3.05) is 7.11 Å². The van der Waals surface area contributed by atoms with Gasteiger partial charge in [-0.15, -0.1) is 0 Å². The van der Waals surface area contributed by atoms with Gasteiger partial charge in [0, 0.05) is 11.6 Å². The lowest BCUT2D eigenvalue weighted by Crippen LogP contribution is -2.37. The number of benzene rings is 1. The van der Waals surface area contributed by atoms with Crippen LogP contribution in [0.2, 0.25) is 0 Å². The number of carboxylic acids is 1. The number of carbonyl (C=O) groups is 2. The Morgan fingerprint density at radius 2 is 1.92 bits per heavy atom. The third-order valence-electron chi connectivity index (χ3n) is 3.79. The predicted molar refractivity (Wildman–Crippen MR) is 78.5 cm³/mol. The summed E-state index contributed by atoms with van der Waals surface area (Å²) in [5.74, 6) is -6.79. The Balaban J connectivity index is 2.83. The minimum Gasteiger partial charge on any atom is -0.481 e. The summed E-state index contributed by atoms with van der Waals surface area (Å²) in [6.45, 7) is 1.12. The lowest BCUT2D eigenvalue weighted by molar-refractivity contribution is -0.141. The fourth-order valence-corrected chi connectivity index (χ4v) is 2.79. The Kier molecular flexibility index (Phi) is 4.96. The number of rotatable bonds is 3. The van der Waals surface area contributed by atoms with Crippen molar-refractivity contribution in [2.45, 2.75) is 19.0 Å². The maximum atomic E-state index is 13.6. The molecule has 1 N–H and O–H groups in total. The number of ether oxygens (including phenoxy) is 1. The van der Waals surface area contributed by atoms with Crippen LogP contribution in [0.4, 0.5) is 17.6 Å². The molecule has 0 amide bonds. The number of hydrogen-bond donors (Lipinski definition) is 1. The Morgan fingerprint density at radius 3 is 2.40 bits per heavy atom. The number of carbonyl (C=O) groups excluding carboxylic acids is 1. The molecule has 2 rings (SSSR count). The third kappa shape index (κ3) is 3.54. The number of alkyl halides is 3. The van der Waals surface area contributed by atoms with Crippen molar-refractivity contribution >= 4 is 17.7 Å². The quantitative estimate of drug-likeness (QED) is 0.665. The number of aliphatic imine (C=N–C) groups is 1. The van der Waals surface area contributed by atoms with E-state index in [1.807, 2.05) is 0 Å². The minimum absolute atomic E-state index is 0.0937. The molecule has 9 heteroatoms. The second kappa shape index (κ2) is 6.66. The summed E-state index contributed by atoms with van der Waals surface area (Å²) in [7, 11) is 0.868. The molecular formula is C16H13F4NO4. The van der Waals surface area contributed by atoms with Gasteiger partial charge in [0.1, 0.15) is 11.7 Å². The third-order valence-corrected chi connectivity index (χ3v) is 3.79. The van der Waals surface area contributed by atoms with Gasteiger partial charge in [-0.2, -0.15) is 13.2 Å². The van der Waals surface area contributed by atoms with Crippen LogP contribution in [0.25, 0.3) is 0 Å². The number of allylic oxidation sites excluding steroid dienone is 1. The van der Waals surface area contributed by atoms with Crippen LogP contribution in [0.5, 0.6) is 0 Å². The molecule has 2 unspecified atom stereocenters. The van der Waals surface area contributed by atoms with E-state index in [1.165, 1.54) is 12.1 Å². The number of esters is 1. The summed E-state index contributed by atoms with van der Waals surface area (Å²) in [5, 5.41) is 9.44. The summed E-state index contributed by atoms with van der Waals surface area (Å²) < 4.78 is 58.1. The molecule has 1 aromatic rings. The van der Waals surface area contributed by atoms with E-state index in [1.54, 1.807) is 0 Å². The van der Waals surface area contributed by atoms with Crippen molar-refractivity contribution in [1.29, 1.82) is 0 Å². The first-order chi connectivity index (χ1) is 11.6. The zero-order valence-corrected chi connectivity index (χ0v) is 13.1. The van der Waals surface area contributed by atoms with E-state index >= 15 is 0 Å². The highest BCUT2D eigenvalue weighted by molar-refractivity contribution is 6.06. The average molecular weight is 359 g/mol. The first kappa shape index (κ1) is 18.6. The Bertz CT molecular complexity index is 783. The standard InChI is InChI=1S/C16H13F4NO4/c1-7-10(14(22)23)11(8-4-3-5-9(17)6-8)12(15(24)25-2)13(21-7)16(18,19)20/h3-6,10-11H,1-2H3,(H,22,23). The van der Waals surface area contributed by atoms with E-state index in [-0.39, 0.29) is 11.3 Å². The van der Waals surface area contributed by atoms with E-state index in [9.17, 15) is 32.3 Å². The van der Waals surface area contributed by atoms with Gasteiger partial charge < -0.3 is 9.84 Å². The van der Waals surface area contributed by atoms with Gasteiger partial charge in [0.2, 0.25) is 0 Å². The van der Waals surface area contributed by atoms with Gasteiger partial charge in [-0.25, -0.2) is 9.18 Å². The van der Waals surface area contributed by atoms with E-state index in [0.717, 1.165) is 26.2 Å². The van der Waals surface area contributed by atoms with Crippen molar-refractivity contribution < 1.29 is 37.0 Å². The van der Waals surface area contributed by atoms with Crippen LogP contribution in [0.15, 0.2) is 40.5 Å². The van der Waals surface area contributed by atoms with Crippen LogP contribution in [0.3, 0.4) is 0 Å². The first-order valence-corrected chi connectivity index (χ1v) is 7.01. The number of nitrogens with zero attached hydrogens (tertiary/aromatic N) is 1. The Morgan fingerprint density at radius 1 is 1.28 bits per heavy atom. The van der Waals surface area contributed by atoms with Crippen molar-refractivity contribution in [2.24, 2.45) is 10.9 Å². The molecule has 0 aromatic heterocycles. The molecule has 0 saturated carbocycles. The molecule has 0 spiro atoms. The largest absolute Gasteiger partial charge is 0.481 e. The van der Waals surface area contributed by atoms with Crippen molar-refractivity contribution in [3.8, 4) is 0 Å². The number of hydrogen-bond acceptors (Lipinski definition) is 4. The molecule has 1 aliphatic heterocycles. The maximum absolute atomic E-state index is 13.6. The SMILES string of the molecule is COC(=O)C1=C(C(F)(F)F)N=C(C)C(C(=O)O)C1c1cccc(F)c1. The van der Waals surface area contributed by atoms with Crippen LogP contribution >= 0.6 is 0 Å². The molecule has 5 nitrogen and oxygen atoms in total. The number of halogens is 4. The summed E-state index contributed by atoms with van der Waals surface area (Å²) in [6.07, 6.45) is -5.01. The molecule has 134 valence electrons. The average Bonchev–Trinajstić information content (AvgIpc) is 2.51. The first-order valence-electron chi connectivity index (χ1n) is 7.01. The molecule has 1 aliphatic rings. The molecule has 1 heterocycles. The smallest absolute Gasteiger partial charge is 0.433 e. The lowest BCUT2D eigenvalue weighted by atomic mass is 9.75. The molecule has 0 saturated heterocycles. The molecule has 0 radical (unpaired) electrons. The highest BCUT2D eigenvalue weighted by Gasteiger charge is 2.49. The molecule has 25 heavy (non-hydrogen) atoms. The van der Waals surface area contributed by atoms with Crippen LogP contribution in [0.1, 0.15) is 18.4 Å². The number of carboxylic acid groups (broad SMARTS) is 1. The van der Waals surface area contributed by atoms with Crippen LogP contribution in [0, 0.1) is 11.7 Å². The monoisotopic (exact) mass is 359 g/mol. The van der Waals surface area contributed by atoms with Gasteiger partial charge in [-0.3, -0.25) is 9.79 Å². The molecule has 0 fully saturated rings. The molecule has 1 aromatic carbocycles. The Hall–Kier alpha value is -2.71. The molecule has 0 bridgehead atoms. The van der Waals surface area contributed by atoms with Gasteiger partial charge in [-0.1, -0.05) is 12.1 Å². The topological polar surface area (TPSA) is 76.0 Å². The number of methoxy groups -OCH3 is 1. The zero-order valence-electron chi connectivity index (χ0n) is 13.1. The minimum atomic E-state index is -5.01. The summed E-state index contributed by atoms with van der Waals surface area (Å²) in [6, 6.07) is 4.40. The van der Waals surface area contributed by atoms with E-state index < -0.39 is 47.0 Å². The van der Waals surface area contributed by atoms with Crippen molar-refractivity contribution in [1.82, 2.24) is 0 Å². The Labute approximate surface area is 139 Å². The summed E-state index contributed by atoms with van der Waals surface area (Å²) in [5.41, 5.74) is -2.94. The van der Waals surface area contributed by atoms with Gasteiger partial charge in [0.25, 0.3) is 0 Å². The second-order valence-corrected chi connectivity index (χ2v) is 5.35. The van der Waals surface area contributed by atoms with Crippen LogP contribution in [-0.4, -0.2) is 36.0 Å². The van der Waals surface area contributed by atoms with Crippen LogP contribution in [-0.2, 0) is 14.3 Å². The summed E-state index contributed by atoms with van der Waals surface area (Å²) >= 11 is 0. The van der Waals surface area contributed by atoms with Gasteiger partial charge in [-0.05, 0) is 24.6 Å². The van der Waals surface area contributed by atoms with E-state index in [4.69, 9.17) is 0 Å². The normalized spacial score (nSPS) is 21.0. The fraction of sp³-hybridized carbons (Fsp3) is 0.312. The van der Waals surface area contributed by atoms with E-state index in [2.05, 4.69) is 9.73 Å². The lowest BCUT2D eigenvalue weighted by Gasteiger charge is -2.31. The highest BCUT2D eigenvalue weighted by Crippen LogP contribution is 2.44. The highest BCUT2D eigenvalue weighted by atomic mass is 19.4. The predicted octanol–water partition coefficient (Wildman–Crippen LogP) is 3.07.